The molecule has 0 amide bonds. The van der Waals surface area contributed by atoms with Crippen LogP contribution in [0.3, 0.4) is 0 Å². The molecule has 1 aromatic heterocycles. The molecule has 2 aliphatic carbocycles. The molecule has 1 N–H and O–H groups in total. The quantitative estimate of drug-likeness (QED) is 0.785. The van der Waals surface area contributed by atoms with Gasteiger partial charge in [0.2, 0.25) is 0 Å². The van der Waals surface area contributed by atoms with E-state index in [9.17, 15) is 14.7 Å². The van der Waals surface area contributed by atoms with Gasteiger partial charge in [-0.3, -0.25) is 9.59 Å². The van der Waals surface area contributed by atoms with Crippen LogP contribution in [0.25, 0.3) is 0 Å². The number of carbonyl (C=O) groups excluding carboxylic acids is 2. The molecule has 0 radical (unpaired) electrons. The van der Waals surface area contributed by atoms with Crippen molar-refractivity contribution in [2.45, 2.75) is 50.9 Å². The fourth-order valence-corrected chi connectivity index (χ4v) is 6.00. The van der Waals surface area contributed by atoms with Gasteiger partial charge in [0.1, 0.15) is 12.2 Å². The highest BCUT2D eigenvalue weighted by molar-refractivity contribution is 5.78. The zero-order chi connectivity index (χ0) is 17.3. The van der Waals surface area contributed by atoms with E-state index < -0.39 is 6.10 Å². The summed E-state index contributed by atoms with van der Waals surface area (Å²) >= 11 is 0. The van der Waals surface area contributed by atoms with Crippen LogP contribution in [0.2, 0.25) is 0 Å². The van der Waals surface area contributed by atoms with E-state index in [1.807, 2.05) is 6.07 Å². The molecule has 6 heteroatoms. The average molecular weight is 346 g/mol. The Hall–Kier alpha value is -1.82. The molecule has 2 aliphatic heterocycles. The molecule has 3 heterocycles. The SMILES string of the molecule is C[C@@]12C[C@@H](c3ccoc3)OC(=O)[C@H]1C[C@@H]1OC(=O)[C@H]3C[C@H](O)C[C@@H]2C13. The van der Waals surface area contributed by atoms with Gasteiger partial charge in [-0.05, 0) is 43.1 Å². The van der Waals surface area contributed by atoms with Crippen molar-refractivity contribution in [1.29, 1.82) is 0 Å². The van der Waals surface area contributed by atoms with E-state index in [4.69, 9.17) is 13.9 Å². The molecule has 0 aromatic carbocycles. The maximum Gasteiger partial charge on any atom is 0.310 e. The summed E-state index contributed by atoms with van der Waals surface area (Å²) in [6, 6.07) is 1.83. The van der Waals surface area contributed by atoms with Gasteiger partial charge in [-0.1, -0.05) is 6.92 Å². The fourth-order valence-electron chi connectivity index (χ4n) is 6.00. The number of cyclic esters (lactones) is 1. The van der Waals surface area contributed by atoms with Gasteiger partial charge >= 0.3 is 11.9 Å². The van der Waals surface area contributed by atoms with Crippen LogP contribution in [-0.4, -0.2) is 29.3 Å². The lowest BCUT2D eigenvalue weighted by molar-refractivity contribution is -0.198. The van der Waals surface area contributed by atoms with Crippen molar-refractivity contribution in [2.75, 3.05) is 0 Å². The summed E-state index contributed by atoms with van der Waals surface area (Å²) in [5.74, 6) is -0.772. The van der Waals surface area contributed by atoms with Crippen molar-refractivity contribution in [3.05, 3.63) is 24.2 Å². The Morgan fingerprint density at radius 2 is 2.00 bits per heavy atom. The Labute approximate surface area is 145 Å². The van der Waals surface area contributed by atoms with Crippen LogP contribution >= 0.6 is 0 Å². The van der Waals surface area contributed by atoms with E-state index in [2.05, 4.69) is 6.92 Å². The highest BCUT2D eigenvalue weighted by Crippen LogP contribution is 2.63. The van der Waals surface area contributed by atoms with Crippen LogP contribution in [-0.2, 0) is 19.1 Å². The van der Waals surface area contributed by atoms with E-state index in [1.165, 1.54) is 0 Å². The Morgan fingerprint density at radius 1 is 1.16 bits per heavy atom. The first-order chi connectivity index (χ1) is 12.0. The zero-order valence-corrected chi connectivity index (χ0v) is 14.1. The topological polar surface area (TPSA) is 86.0 Å². The van der Waals surface area contributed by atoms with E-state index in [1.54, 1.807) is 12.5 Å². The van der Waals surface area contributed by atoms with Crippen molar-refractivity contribution < 1.29 is 28.6 Å². The highest BCUT2D eigenvalue weighted by Gasteiger charge is 2.65. The van der Waals surface area contributed by atoms with Crippen LogP contribution < -0.4 is 0 Å². The normalized spacial score (nSPS) is 48.3. The predicted octanol–water partition coefficient (Wildman–Crippen LogP) is 2.22. The smallest absolute Gasteiger partial charge is 0.310 e. The van der Waals surface area contributed by atoms with Gasteiger partial charge in [0, 0.05) is 11.5 Å². The second kappa shape index (κ2) is 5.10. The van der Waals surface area contributed by atoms with Crippen molar-refractivity contribution in [3.8, 4) is 0 Å². The summed E-state index contributed by atoms with van der Waals surface area (Å²) in [6.07, 6.45) is 4.45. The summed E-state index contributed by atoms with van der Waals surface area (Å²) in [5, 5.41) is 10.4. The number of aliphatic hydroxyl groups is 1. The first-order valence-electron chi connectivity index (χ1n) is 9.08. The molecule has 0 spiro atoms. The van der Waals surface area contributed by atoms with Crippen molar-refractivity contribution in [2.24, 2.45) is 29.1 Å². The maximum atomic E-state index is 12.8. The van der Waals surface area contributed by atoms with Gasteiger partial charge in [0.25, 0.3) is 0 Å². The number of fused-ring (bicyclic) bond motifs is 2. The molecular formula is C19H22O6. The highest BCUT2D eigenvalue weighted by atomic mass is 16.6. The summed E-state index contributed by atoms with van der Waals surface area (Å²) in [5.41, 5.74) is 0.549. The molecular weight excluding hydrogens is 324 g/mol. The second-order valence-corrected chi connectivity index (χ2v) is 8.37. The van der Waals surface area contributed by atoms with Crippen molar-refractivity contribution in [1.82, 2.24) is 0 Å². The molecule has 5 rings (SSSR count). The van der Waals surface area contributed by atoms with Gasteiger partial charge in [-0.2, -0.15) is 0 Å². The number of aliphatic hydroxyl groups excluding tert-OH is 1. The summed E-state index contributed by atoms with van der Waals surface area (Å²) in [7, 11) is 0. The van der Waals surface area contributed by atoms with E-state index in [-0.39, 0.29) is 53.2 Å². The van der Waals surface area contributed by atoms with Gasteiger partial charge in [0.15, 0.2) is 0 Å². The monoisotopic (exact) mass is 346 g/mol. The number of hydrogen-bond donors (Lipinski definition) is 1. The van der Waals surface area contributed by atoms with E-state index in [0.29, 0.717) is 25.7 Å². The zero-order valence-electron chi connectivity index (χ0n) is 14.1. The molecule has 2 saturated carbocycles. The molecule has 6 nitrogen and oxygen atoms in total. The number of furan rings is 1. The number of hydrogen-bond acceptors (Lipinski definition) is 6. The molecule has 1 unspecified atom stereocenters. The van der Waals surface area contributed by atoms with E-state index >= 15 is 0 Å². The third-order valence-corrected chi connectivity index (χ3v) is 7.18. The molecule has 8 atom stereocenters. The van der Waals surface area contributed by atoms with Crippen LogP contribution in [0, 0.1) is 29.1 Å². The summed E-state index contributed by atoms with van der Waals surface area (Å²) in [6.45, 7) is 2.13. The Balaban J connectivity index is 1.55. The third kappa shape index (κ3) is 2.06. The molecule has 134 valence electrons. The number of ether oxygens (including phenoxy) is 2. The van der Waals surface area contributed by atoms with Gasteiger partial charge in [-0.15, -0.1) is 0 Å². The molecule has 4 fully saturated rings. The summed E-state index contributed by atoms with van der Waals surface area (Å²) < 4.78 is 16.5. The largest absolute Gasteiger partial charge is 0.472 e. The minimum Gasteiger partial charge on any atom is -0.472 e. The van der Waals surface area contributed by atoms with Crippen LogP contribution in [0.1, 0.15) is 44.3 Å². The van der Waals surface area contributed by atoms with Gasteiger partial charge < -0.3 is 19.0 Å². The fraction of sp³-hybridized carbons (Fsp3) is 0.684. The standard InChI is InChI=1S/C19H22O6/c1-19-7-15(9-2-3-23-8-9)25-18(22)13(19)6-14-16-11(17(21)24-14)4-10(20)5-12(16)19/h2-3,8,10-16,20H,4-7H2,1H3/t10-,11-,12+,13+,14-,15-,16?,19-/m0/s1. The number of esters is 2. The van der Waals surface area contributed by atoms with Crippen LogP contribution in [0.4, 0.5) is 0 Å². The van der Waals surface area contributed by atoms with E-state index in [0.717, 1.165) is 5.56 Å². The average Bonchev–Trinajstić information content (AvgIpc) is 3.19. The lowest BCUT2D eigenvalue weighted by atomic mass is 9.49. The number of carbonyl (C=O) groups is 2. The second-order valence-electron chi connectivity index (χ2n) is 8.37. The Kier molecular flexibility index (Phi) is 3.15. The first kappa shape index (κ1) is 15.4. The summed E-state index contributed by atoms with van der Waals surface area (Å²) in [4.78, 5) is 25.1. The Morgan fingerprint density at radius 3 is 2.76 bits per heavy atom. The van der Waals surface area contributed by atoms with Crippen molar-refractivity contribution in [3.63, 3.8) is 0 Å². The minimum atomic E-state index is -0.515. The van der Waals surface area contributed by atoms with Gasteiger partial charge in [-0.25, -0.2) is 0 Å². The Bertz CT molecular complexity index is 712. The van der Waals surface area contributed by atoms with Crippen LogP contribution in [0.15, 0.2) is 23.0 Å². The molecule has 4 aliphatic rings. The van der Waals surface area contributed by atoms with Gasteiger partial charge in [0.05, 0.1) is 30.5 Å². The third-order valence-electron chi connectivity index (χ3n) is 7.18. The number of rotatable bonds is 1. The lowest BCUT2D eigenvalue weighted by Gasteiger charge is -2.56. The van der Waals surface area contributed by atoms with Crippen molar-refractivity contribution >= 4 is 11.9 Å². The molecule has 2 saturated heterocycles. The predicted molar refractivity (Wildman–Crippen MR) is 84.0 cm³/mol. The van der Waals surface area contributed by atoms with Crippen LogP contribution in [0.5, 0.6) is 0 Å². The lowest BCUT2D eigenvalue weighted by Crippen LogP contribution is -2.57. The minimum absolute atomic E-state index is 0.0821. The molecule has 0 bridgehead atoms. The maximum absolute atomic E-state index is 12.8. The molecule has 25 heavy (non-hydrogen) atoms. The first-order valence-corrected chi connectivity index (χ1v) is 9.08. The molecule has 1 aromatic rings.